The maximum absolute atomic E-state index is 6.12. The van der Waals surface area contributed by atoms with Gasteiger partial charge in [0.1, 0.15) is 18.0 Å². The molecule has 0 amide bonds. The fraction of sp³-hybridized carbons (Fsp3) is 0.333. The molecule has 1 aromatic heterocycles. The molecule has 1 unspecified atom stereocenters. The Bertz CT molecular complexity index is 559. The predicted octanol–water partition coefficient (Wildman–Crippen LogP) is 3.95. The number of benzene rings is 1. The summed E-state index contributed by atoms with van der Waals surface area (Å²) in [4.78, 5) is 8.42. The summed E-state index contributed by atoms with van der Waals surface area (Å²) >= 11 is 6.12. The summed E-state index contributed by atoms with van der Waals surface area (Å²) in [5.41, 5.74) is 1.05. The molecule has 0 bridgehead atoms. The van der Waals surface area contributed by atoms with Crippen molar-refractivity contribution in [3.8, 4) is 0 Å². The molecular formula is C15H19ClN4. The van der Waals surface area contributed by atoms with Crippen LogP contribution < -0.4 is 10.6 Å². The lowest BCUT2D eigenvalue weighted by Gasteiger charge is -2.13. The second-order valence-corrected chi connectivity index (χ2v) is 5.09. The third-order valence-electron chi connectivity index (χ3n) is 3.09. The second-order valence-electron chi connectivity index (χ2n) is 4.69. The lowest BCUT2D eigenvalue weighted by molar-refractivity contribution is 0.758. The van der Waals surface area contributed by atoms with Crippen molar-refractivity contribution in [1.82, 2.24) is 9.97 Å². The number of aromatic nitrogens is 2. The number of hydrogen-bond acceptors (Lipinski definition) is 4. The van der Waals surface area contributed by atoms with Crippen LogP contribution in [0.15, 0.2) is 36.7 Å². The summed E-state index contributed by atoms with van der Waals surface area (Å²) in [7, 11) is 0. The lowest BCUT2D eigenvalue weighted by Crippen LogP contribution is -2.14. The third kappa shape index (κ3) is 4.10. The smallest absolute Gasteiger partial charge is 0.131 e. The first-order valence-electron chi connectivity index (χ1n) is 6.75. The van der Waals surface area contributed by atoms with Crippen LogP contribution in [0.1, 0.15) is 25.8 Å². The maximum atomic E-state index is 6.12. The minimum atomic E-state index is 0.390. The van der Waals surface area contributed by atoms with Crippen LogP contribution in [0.3, 0.4) is 0 Å². The van der Waals surface area contributed by atoms with Gasteiger partial charge in [0.05, 0.1) is 0 Å². The molecule has 1 atom stereocenters. The molecule has 4 nitrogen and oxygen atoms in total. The molecule has 0 saturated heterocycles. The van der Waals surface area contributed by atoms with E-state index in [2.05, 4.69) is 34.4 Å². The second kappa shape index (κ2) is 7.10. The first-order valence-corrected chi connectivity index (χ1v) is 7.12. The average Bonchev–Trinajstić information content (AvgIpc) is 2.47. The van der Waals surface area contributed by atoms with Crippen molar-refractivity contribution in [2.24, 2.45) is 0 Å². The molecule has 5 heteroatoms. The molecule has 2 N–H and O–H groups in total. The van der Waals surface area contributed by atoms with Gasteiger partial charge in [-0.05, 0) is 25.0 Å². The van der Waals surface area contributed by atoms with Gasteiger partial charge in [-0.2, -0.15) is 0 Å². The zero-order valence-electron chi connectivity index (χ0n) is 11.7. The fourth-order valence-corrected chi connectivity index (χ4v) is 1.92. The van der Waals surface area contributed by atoms with Gasteiger partial charge >= 0.3 is 0 Å². The summed E-state index contributed by atoms with van der Waals surface area (Å²) in [6, 6.07) is 10.1. The van der Waals surface area contributed by atoms with Crippen molar-refractivity contribution in [1.29, 1.82) is 0 Å². The fourth-order valence-electron chi connectivity index (χ4n) is 1.71. The Hall–Kier alpha value is -1.81. The molecular weight excluding hydrogens is 272 g/mol. The topological polar surface area (TPSA) is 49.8 Å². The first kappa shape index (κ1) is 14.6. The van der Waals surface area contributed by atoms with Crippen LogP contribution in [0.5, 0.6) is 0 Å². The highest BCUT2D eigenvalue weighted by molar-refractivity contribution is 6.31. The van der Waals surface area contributed by atoms with Crippen molar-refractivity contribution in [3.05, 3.63) is 47.2 Å². The highest BCUT2D eigenvalue weighted by Gasteiger charge is 2.03. The molecule has 0 aliphatic rings. The molecule has 20 heavy (non-hydrogen) atoms. The minimum absolute atomic E-state index is 0.390. The normalized spacial score (nSPS) is 11.9. The molecule has 106 valence electrons. The highest BCUT2D eigenvalue weighted by atomic mass is 35.5. The van der Waals surface area contributed by atoms with Crippen LogP contribution in [0.2, 0.25) is 5.02 Å². The molecule has 1 aromatic carbocycles. The number of anilines is 2. The average molecular weight is 291 g/mol. The summed E-state index contributed by atoms with van der Waals surface area (Å²) in [6.07, 6.45) is 2.60. The molecule has 0 fully saturated rings. The van der Waals surface area contributed by atoms with Gasteiger partial charge in [0.15, 0.2) is 0 Å². The van der Waals surface area contributed by atoms with E-state index in [1.54, 1.807) is 6.33 Å². The molecule has 2 rings (SSSR count). The highest BCUT2D eigenvalue weighted by Crippen LogP contribution is 2.17. The Kier molecular flexibility index (Phi) is 5.18. The van der Waals surface area contributed by atoms with Crippen LogP contribution >= 0.6 is 11.6 Å². The molecule has 0 aliphatic carbocycles. The SMILES string of the molecule is CCC(C)Nc1cc(NCc2ccccc2Cl)ncn1. The van der Waals surface area contributed by atoms with Crippen LogP contribution in [0.25, 0.3) is 0 Å². The third-order valence-corrected chi connectivity index (χ3v) is 3.46. The number of nitrogens with zero attached hydrogens (tertiary/aromatic N) is 2. The standard InChI is InChI=1S/C15H19ClN4/c1-3-11(2)20-15-8-14(18-10-19-15)17-9-12-6-4-5-7-13(12)16/h4-8,10-11H,3,9H2,1-2H3,(H2,17,18,19,20). The largest absolute Gasteiger partial charge is 0.367 e. The summed E-state index contributed by atoms with van der Waals surface area (Å²) in [5, 5.41) is 7.34. The zero-order valence-corrected chi connectivity index (χ0v) is 12.5. The van der Waals surface area contributed by atoms with Crippen molar-refractivity contribution < 1.29 is 0 Å². The van der Waals surface area contributed by atoms with Crippen LogP contribution in [-0.2, 0) is 6.54 Å². The molecule has 0 saturated carbocycles. The molecule has 0 spiro atoms. The Morgan fingerprint density at radius 3 is 2.70 bits per heavy atom. The number of halogens is 1. The van der Waals surface area contributed by atoms with E-state index in [1.807, 2.05) is 30.3 Å². The molecule has 0 radical (unpaired) electrons. The minimum Gasteiger partial charge on any atom is -0.367 e. The van der Waals surface area contributed by atoms with E-state index < -0.39 is 0 Å². The van der Waals surface area contributed by atoms with Crippen LogP contribution in [0.4, 0.5) is 11.6 Å². The summed E-state index contributed by atoms with van der Waals surface area (Å²) in [6.45, 7) is 4.90. The zero-order chi connectivity index (χ0) is 14.4. The quantitative estimate of drug-likeness (QED) is 0.846. The van der Waals surface area contributed by atoms with Crippen LogP contribution in [-0.4, -0.2) is 16.0 Å². The van der Waals surface area contributed by atoms with Gasteiger partial charge in [-0.25, -0.2) is 9.97 Å². The van der Waals surface area contributed by atoms with Gasteiger partial charge in [-0.3, -0.25) is 0 Å². The Labute approximate surface area is 124 Å². The van der Waals surface area contributed by atoms with E-state index in [0.29, 0.717) is 12.6 Å². The number of hydrogen-bond donors (Lipinski definition) is 2. The maximum Gasteiger partial charge on any atom is 0.131 e. The van der Waals surface area contributed by atoms with E-state index in [4.69, 9.17) is 11.6 Å². The monoisotopic (exact) mass is 290 g/mol. The number of nitrogens with one attached hydrogen (secondary N) is 2. The van der Waals surface area contributed by atoms with E-state index in [9.17, 15) is 0 Å². The summed E-state index contributed by atoms with van der Waals surface area (Å²) < 4.78 is 0. The van der Waals surface area contributed by atoms with E-state index in [0.717, 1.165) is 28.6 Å². The molecule has 2 aromatic rings. The van der Waals surface area contributed by atoms with Crippen molar-refractivity contribution in [2.45, 2.75) is 32.9 Å². The first-order chi connectivity index (χ1) is 9.69. The van der Waals surface area contributed by atoms with Crippen molar-refractivity contribution in [3.63, 3.8) is 0 Å². The molecule has 0 aliphatic heterocycles. The Morgan fingerprint density at radius 2 is 1.95 bits per heavy atom. The van der Waals surface area contributed by atoms with E-state index >= 15 is 0 Å². The van der Waals surface area contributed by atoms with Crippen molar-refractivity contribution in [2.75, 3.05) is 10.6 Å². The Balaban J connectivity index is 2.00. The van der Waals surface area contributed by atoms with Gasteiger partial charge in [0.25, 0.3) is 0 Å². The number of rotatable bonds is 6. The Morgan fingerprint density at radius 1 is 1.20 bits per heavy atom. The van der Waals surface area contributed by atoms with Gasteiger partial charge in [-0.15, -0.1) is 0 Å². The lowest BCUT2D eigenvalue weighted by atomic mass is 10.2. The van der Waals surface area contributed by atoms with Crippen LogP contribution in [0, 0.1) is 0 Å². The predicted molar refractivity (Wildman–Crippen MR) is 84.2 cm³/mol. The van der Waals surface area contributed by atoms with Crippen molar-refractivity contribution >= 4 is 23.2 Å². The summed E-state index contributed by atoms with van der Waals surface area (Å²) in [5.74, 6) is 1.61. The van der Waals surface area contributed by atoms with Gasteiger partial charge < -0.3 is 10.6 Å². The van der Waals surface area contributed by atoms with Gasteiger partial charge in [-0.1, -0.05) is 36.7 Å². The van der Waals surface area contributed by atoms with Gasteiger partial charge in [0.2, 0.25) is 0 Å². The molecule has 1 heterocycles. The van der Waals surface area contributed by atoms with E-state index in [-0.39, 0.29) is 0 Å². The van der Waals surface area contributed by atoms with Gasteiger partial charge in [0, 0.05) is 23.7 Å². The van der Waals surface area contributed by atoms with E-state index in [1.165, 1.54) is 0 Å².